The molecule has 0 fully saturated rings. The Labute approximate surface area is 98.4 Å². The fourth-order valence-corrected chi connectivity index (χ4v) is 1.84. The van der Waals surface area contributed by atoms with Gasteiger partial charge in [0.15, 0.2) is 0 Å². The van der Waals surface area contributed by atoms with Crippen molar-refractivity contribution in [1.82, 2.24) is 0 Å². The Balaban J connectivity index is 3.21. The Hall–Kier alpha value is -0.580. The van der Waals surface area contributed by atoms with Crippen LogP contribution in [0.15, 0.2) is 16.6 Å². The van der Waals surface area contributed by atoms with E-state index in [2.05, 4.69) is 15.9 Å². The lowest BCUT2D eigenvalue weighted by Crippen LogP contribution is -2.25. The maximum absolute atomic E-state index is 9.92. The monoisotopic (exact) mass is 273 g/mol. The Morgan fingerprint density at radius 1 is 1.47 bits per heavy atom. The van der Waals surface area contributed by atoms with Crippen LogP contribution < -0.4 is 10.5 Å². The summed E-state index contributed by atoms with van der Waals surface area (Å²) in [6, 6.07) is 3.38. The van der Waals surface area contributed by atoms with Crippen LogP contribution in [0.4, 0.5) is 0 Å². The van der Waals surface area contributed by atoms with Gasteiger partial charge in [0.2, 0.25) is 0 Å². The number of methoxy groups -OCH3 is 1. The van der Waals surface area contributed by atoms with Crippen LogP contribution in [0.5, 0.6) is 5.75 Å². The molecule has 3 N–H and O–H groups in total. The average molecular weight is 274 g/mol. The molecule has 0 saturated carbocycles. The highest BCUT2D eigenvalue weighted by atomic mass is 79.9. The molecule has 15 heavy (non-hydrogen) atoms. The molecule has 1 rings (SSSR count). The molecule has 0 bridgehead atoms. The smallest absolute Gasteiger partial charge is 0.120 e. The number of nitrogens with two attached hydrogens (primary N) is 1. The first-order valence-corrected chi connectivity index (χ1v) is 5.54. The molecule has 84 valence electrons. The van der Waals surface area contributed by atoms with Gasteiger partial charge in [-0.3, -0.25) is 0 Å². The standard InChI is InChI=1S/C11H16BrNO2/c1-6-9(11(14)7(2)13)4-8(15-3)5-10(6)12/h4-5,7,11,14H,13H2,1-3H3/t7-,11-/m0/s1. The molecule has 0 aromatic heterocycles. The summed E-state index contributed by atoms with van der Waals surface area (Å²) in [6.07, 6.45) is -0.670. The van der Waals surface area contributed by atoms with E-state index >= 15 is 0 Å². The van der Waals surface area contributed by atoms with Crippen molar-refractivity contribution in [3.05, 3.63) is 27.7 Å². The van der Waals surface area contributed by atoms with E-state index in [1.54, 1.807) is 14.0 Å². The minimum absolute atomic E-state index is 0.303. The normalized spacial score (nSPS) is 14.8. The third kappa shape index (κ3) is 2.71. The predicted octanol–water partition coefficient (Wildman–Crippen LogP) is 2.15. The molecule has 0 aliphatic rings. The van der Waals surface area contributed by atoms with Gasteiger partial charge in [0, 0.05) is 10.5 Å². The van der Waals surface area contributed by atoms with Crippen molar-refractivity contribution >= 4 is 15.9 Å². The van der Waals surface area contributed by atoms with Crippen molar-refractivity contribution in [2.45, 2.75) is 26.0 Å². The molecule has 0 aliphatic heterocycles. The number of aliphatic hydroxyl groups is 1. The number of halogens is 1. The zero-order chi connectivity index (χ0) is 11.6. The van der Waals surface area contributed by atoms with Crippen molar-refractivity contribution < 1.29 is 9.84 Å². The first-order valence-electron chi connectivity index (χ1n) is 4.75. The number of ether oxygens (including phenoxy) is 1. The number of hydrogen-bond acceptors (Lipinski definition) is 3. The zero-order valence-corrected chi connectivity index (χ0v) is 10.7. The number of rotatable bonds is 3. The molecule has 0 aliphatic carbocycles. The second-order valence-corrected chi connectivity index (χ2v) is 4.48. The first-order chi connectivity index (χ1) is 6.97. The fourth-order valence-electron chi connectivity index (χ4n) is 1.38. The summed E-state index contributed by atoms with van der Waals surface area (Å²) >= 11 is 3.42. The second kappa shape index (κ2) is 4.96. The summed E-state index contributed by atoms with van der Waals surface area (Å²) in [5, 5.41) is 9.92. The number of aliphatic hydroxyl groups excluding tert-OH is 1. The summed E-state index contributed by atoms with van der Waals surface area (Å²) in [7, 11) is 1.60. The molecule has 4 heteroatoms. The van der Waals surface area contributed by atoms with Crippen LogP contribution >= 0.6 is 15.9 Å². The van der Waals surface area contributed by atoms with Gasteiger partial charge in [-0.15, -0.1) is 0 Å². The van der Waals surface area contributed by atoms with Crippen LogP contribution in [0, 0.1) is 6.92 Å². The van der Waals surface area contributed by atoms with Crippen LogP contribution in [0.25, 0.3) is 0 Å². The van der Waals surface area contributed by atoms with Gasteiger partial charge in [0.05, 0.1) is 13.2 Å². The Kier molecular flexibility index (Phi) is 4.13. The highest BCUT2D eigenvalue weighted by Crippen LogP contribution is 2.30. The lowest BCUT2D eigenvalue weighted by atomic mass is 9.99. The van der Waals surface area contributed by atoms with Crippen molar-refractivity contribution in [3.8, 4) is 5.75 Å². The molecule has 2 atom stereocenters. The quantitative estimate of drug-likeness (QED) is 0.888. The number of benzene rings is 1. The Morgan fingerprint density at radius 2 is 2.07 bits per heavy atom. The molecule has 3 nitrogen and oxygen atoms in total. The summed E-state index contributed by atoms with van der Waals surface area (Å²) < 4.78 is 6.05. The van der Waals surface area contributed by atoms with E-state index < -0.39 is 6.10 Å². The topological polar surface area (TPSA) is 55.5 Å². The summed E-state index contributed by atoms with van der Waals surface area (Å²) in [6.45, 7) is 3.71. The molecular weight excluding hydrogens is 258 g/mol. The molecule has 0 radical (unpaired) electrons. The zero-order valence-electron chi connectivity index (χ0n) is 9.12. The first kappa shape index (κ1) is 12.5. The lowest BCUT2D eigenvalue weighted by molar-refractivity contribution is 0.152. The predicted molar refractivity (Wildman–Crippen MR) is 64.0 cm³/mol. The molecule has 0 heterocycles. The third-order valence-electron chi connectivity index (χ3n) is 2.41. The molecule has 1 aromatic rings. The van der Waals surface area contributed by atoms with Crippen LogP contribution in [-0.4, -0.2) is 18.3 Å². The minimum Gasteiger partial charge on any atom is -0.497 e. The SMILES string of the molecule is COc1cc(Br)c(C)c([C@@H](O)[C@H](C)N)c1. The van der Waals surface area contributed by atoms with E-state index in [1.165, 1.54) is 0 Å². The van der Waals surface area contributed by atoms with Crippen molar-refractivity contribution in [3.63, 3.8) is 0 Å². The van der Waals surface area contributed by atoms with Gasteiger partial charge in [0.1, 0.15) is 5.75 Å². The highest BCUT2D eigenvalue weighted by molar-refractivity contribution is 9.10. The molecular formula is C11H16BrNO2. The van der Waals surface area contributed by atoms with Gasteiger partial charge in [0.25, 0.3) is 0 Å². The van der Waals surface area contributed by atoms with Gasteiger partial charge in [-0.05, 0) is 37.1 Å². The largest absolute Gasteiger partial charge is 0.497 e. The highest BCUT2D eigenvalue weighted by Gasteiger charge is 2.17. The van der Waals surface area contributed by atoms with Gasteiger partial charge in [-0.2, -0.15) is 0 Å². The maximum atomic E-state index is 9.92. The van der Waals surface area contributed by atoms with Crippen LogP contribution in [-0.2, 0) is 0 Å². The summed E-state index contributed by atoms with van der Waals surface area (Å²) in [4.78, 5) is 0. The van der Waals surface area contributed by atoms with Gasteiger partial charge in [-0.25, -0.2) is 0 Å². The van der Waals surface area contributed by atoms with Gasteiger partial charge >= 0.3 is 0 Å². The van der Waals surface area contributed by atoms with Gasteiger partial charge in [-0.1, -0.05) is 15.9 Å². The van der Waals surface area contributed by atoms with Gasteiger partial charge < -0.3 is 15.6 Å². The van der Waals surface area contributed by atoms with Crippen LogP contribution in [0.3, 0.4) is 0 Å². The Morgan fingerprint density at radius 3 is 2.53 bits per heavy atom. The average Bonchev–Trinajstić information content (AvgIpc) is 2.20. The van der Waals surface area contributed by atoms with E-state index in [4.69, 9.17) is 10.5 Å². The van der Waals surface area contributed by atoms with E-state index in [9.17, 15) is 5.11 Å². The van der Waals surface area contributed by atoms with Crippen molar-refractivity contribution in [2.75, 3.05) is 7.11 Å². The lowest BCUT2D eigenvalue weighted by Gasteiger charge is -2.19. The fraction of sp³-hybridized carbons (Fsp3) is 0.455. The van der Waals surface area contributed by atoms with Crippen molar-refractivity contribution in [1.29, 1.82) is 0 Å². The third-order valence-corrected chi connectivity index (χ3v) is 3.23. The van der Waals surface area contributed by atoms with E-state index in [-0.39, 0.29) is 6.04 Å². The maximum Gasteiger partial charge on any atom is 0.120 e. The van der Waals surface area contributed by atoms with Crippen LogP contribution in [0.2, 0.25) is 0 Å². The Bertz CT molecular complexity index is 353. The molecule has 0 unspecified atom stereocenters. The molecule has 0 amide bonds. The molecule has 1 aromatic carbocycles. The summed E-state index contributed by atoms with van der Waals surface area (Å²) in [5.41, 5.74) is 7.46. The van der Waals surface area contributed by atoms with E-state index in [0.29, 0.717) is 5.75 Å². The molecule has 0 saturated heterocycles. The second-order valence-electron chi connectivity index (χ2n) is 3.63. The minimum atomic E-state index is -0.670. The van der Waals surface area contributed by atoms with Crippen LogP contribution in [0.1, 0.15) is 24.2 Å². The van der Waals surface area contributed by atoms with E-state index in [1.807, 2.05) is 19.1 Å². The number of hydrogen-bond donors (Lipinski definition) is 2. The van der Waals surface area contributed by atoms with Crippen molar-refractivity contribution in [2.24, 2.45) is 5.73 Å². The summed E-state index contributed by atoms with van der Waals surface area (Å²) in [5.74, 6) is 0.710. The molecule has 0 spiro atoms. The van der Waals surface area contributed by atoms with E-state index in [0.717, 1.165) is 15.6 Å².